The third-order valence-corrected chi connectivity index (χ3v) is 3.79. The molecule has 2 aromatic carbocycles. The average molecular weight is 283 g/mol. The van der Waals surface area contributed by atoms with Gasteiger partial charge in [0, 0.05) is 6.54 Å². The first kappa shape index (κ1) is 15.6. The van der Waals surface area contributed by atoms with Gasteiger partial charge in [0.2, 0.25) is 0 Å². The highest BCUT2D eigenvalue weighted by molar-refractivity contribution is 5.43. The van der Waals surface area contributed by atoms with Gasteiger partial charge in [-0.05, 0) is 67.3 Å². The number of benzene rings is 2. The highest BCUT2D eigenvalue weighted by Gasteiger charge is 2.07. The van der Waals surface area contributed by atoms with Crippen LogP contribution in [0.25, 0.3) is 0 Å². The molecule has 112 valence electrons. The van der Waals surface area contributed by atoms with Crippen LogP contribution in [0.15, 0.2) is 36.4 Å². The first-order valence-electron chi connectivity index (χ1n) is 7.53. The topological polar surface area (TPSA) is 21.3 Å². The van der Waals surface area contributed by atoms with Gasteiger partial charge in [0.15, 0.2) is 0 Å². The lowest BCUT2D eigenvalue weighted by Crippen LogP contribution is -2.06. The average Bonchev–Trinajstić information content (AvgIpc) is 2.44. The Labute approximate surface area is 128 Å². The van der Waals surface area contributed by atoms with Crippen molar-refractivity contribution in [2.45, 2.75) is 40.2 Å². The Bertz CT molecular complexity index is 617. The zero-order valence-electron chi connectivity index (χ0n) is 13.7. The summed E-state index contributed by atoms with van der Waals surface area (Å²) in [6, 6.07) is 12.7. The van der Waals surface area contributed by atoms with E-state index in [2.05, 4.69) is 63.3 Å². The molecule has 0 bridgehead atoms. The van der Waals surface area contributed by atoms with Crippen molar-refractivity contribution in [3.63, 3.8) is 0 Å². The van der Waals surface area contributed by atoms with Crippen molar-refractivity contribution in [2.24, 2.45) is 0 Å². The summed E-state index contributed by atoms with van der Waals surface area (Å²) in [6.07, 6.45) is 0. The maximum Gasteiger partial charge on any atom is 0.130 e. The van der Waals surface area contributed by atoms with E-state index in [0.29, 0.717) is 5.92 Å². The molecule has 0 aliphatic carbocycles. The smallest absolute Gasteiger partial charge is 0.130 e. The minimum absolute atomic E-state index is 0.507. The number of aryl methyl sites for hydroxylation is 2. The van der Waals surface area contributed by atoms with E-state index in [1.54, 1.807) is 0 Å². The van der Waals surface area contributed by atoms with E-state index in [9.17, 15) is 0 Å². The molecular formula is C19H25NO. The van der Waals surface area contributed by atoms with Gasteiger partial charge >= 0.3 is 0 Å². The molecule has 0 aliphatic rings. The molecule has 2 heteroatoms. The molecule has 0 atom stereocenters. The van der Waals surface area contributed by atoms with E-state index in [0.717, 1.165) is 23.6 Å². The second-order valence-corrected chi connectivity index (χ2v) is 5.90. The monoisotopic (exact) mass is 283 g/mol. The number of hydrogen-bond donors (Lipinski definition) is 1. The molecule has 2 rings (SSSR count). The number of rotatable bonds is 5. The van der Waals surface area contributed by atoms with E-state index < -0.39 is 0 Å². The summed E-state index contributed by atoms with van der Waals surface area (Å²) in [4.78, 5) is 0. The SMILES string of the molecule is CNCc1ccc(Oc2cc(C(C)C)ccc2C)cc1C. The van der Waals surface area contributed by atoms with Gasteiger partial charge in [-0.15, -0.1) is 0 Å². The van der Waals surface area contributed by atoms with Gasteiger partial charge in [-0.25, -0.2) is 0 Å². The summed E-state index contributed by atoms with van der Waals surface area (Å²) in [5, 5.41) is 3.18. The Hall–Kier alpha value is -1.80. The fourth-order valence-corrected chi connectivity index (χ4v) is 2.33. The lowest BCUT2D eigenvalue weighted by Gasteiger charge is -2.14. The molecule has 21 heavy (non-hydrogen) atoms. The number of nitrogens with one attached hydrogen (secondary N) is 1. The van der Waals surface area contributed by atoms with Crippen molar-refractivity contribution in [3.05, 3.63) is 58.7 Å². The second kappa shape index (κ2) is 6.77. The van der Waals surface area contributed by atoms with Crippen LogP contribution in [-0.2, 0) is 6.54 Å². The molecular weight excluding hydrogens is 258 g/mol. The van der Waals surface area contributed by atoms with Gasteiger partial charge in [-0.1, -0.05) is 32.0 Å². The maximum atomic E-state index is 6.09. The summed E-state index contributed by atoms with van der Waals surface area (Å²) in [5.41, 5.74) is 5.02. The van der Waals surface area contributed by atoms with Gasteiger partial charge in [-0.2, -0.15) is 0 Å². The third kappa shape index (κ3) is 3.85. The minimum Gasteiger partial charge on any atom is -0.457 e. The van der Waals surface area contributed by atoms with Gasteiger partial charge in [-0.3, -0.25) is 0 Å². The van der Waals surface area contributed by atoms with Crippen molar-refractivity contribution >= 4 is 0 Å². The quantitative estimate of drug-likeness (QED) is 0.839. The standard InChI is InChI=1S/C19H25NO/c1-13(2)16-7-6-14(3)19(11-16)21-18-9-8-17(12-20-5)15(4)10-18/h6-11,13,20H,12H2,1-5H3. The third-order valence-electron chi connectivity index (χ3n) is 3.79. The van der Waals surface area contributed by atoms with E-state index in [4.69, 9.17) is 4.74 Å². The molecule has 0 fully saturated rings. The lowest BCUT2D eigenvalue weighted by molar-refractivity contribution is 0.477. The molecule has 0 heterocycles. The largest absolute Gasteiger partial charge is 0.457 e. The van der Waals surface area contributed by atoms with Crippen LogP contribution in [0, 0.1) is 13.8 Å². The van der Waals surface area contributed by atoms with Crippen molar-refractivity contribution in [1.82, 2.24) is 5.32 Å². The first-order chi connectivity index (χ1) is 10.0. The van der Waals surface area contributed by atoms with Crippen molar-refractivity contribution in [1.29, 1.82) is 0 Å². The molecule has 0 aromatic heterocycles. The van der Waals surface area contributed by atoms with Crippen LogP contribution in [0.4, 0.5) is 0 Å². The Kier molecular flexibility index (Phi) is 5.03. The van der Waals surface area contributed by atoms with Crippen LogP contribution in [0.2, 0.25) is 0 Å². The maximum absolute atomic E-state index is 6.09. The summed E-state index contributed by atoms with van der Waals surface area (Å²) < 4.78 is 6.09. The van der Waals surface area contributed by atoms with Crippen molar-refractivity contribution in [2.75, 3.05) is 7.05 Å². The summed E-state index contributed by atoms with van der Waals surface area (Å²) >= 11 is 0. The molecule has 2 nitrogen and oxygen atoms in total. The Morgan fingerprint density at radius 3 is 2.38 bits per heavy atom. The van der Waals surface area contributed by atoms with Crippen LogP contribution in [0.5, 0.6) is 11.5 Å². The normalized spacial score (nSPS) is 11.0. The minimum atomic E-state index is 0.507. The summed E-state index contributed by atoms with van der Waals surface area (Å²) in [7, 11) is 1.96. The van der Waals surface area contributed by atoms with Gasteiger partial charge in [0.1, 0.15) is 11.5 Å². The zero-order chi connectivity index (χ0) is 15.4. The van der Waals surface area contributed by atoms with Crippen LogP contribution in [-0.4, -0.2) is 7.05 Å². The number of ether oxygens (including phenoxy) is 1. The number of hydrogen-bond acceptors (Lipinski definition) is 2. The molecule has 0 radical (unpaired) electrons. The van der Waals surface area contributed by atoms with E-state index >= 15 is 0 Å². The van der Waals surface area contributed by atoms with Crippen molar-refractivity contribution < 1.29 is 4.74 Å². The first-order valence-corrected chi connectivity index (χ1v) is 7.53. The molecule has 0 unspecified atom stereocenters. The zero-order valence-corrected chi connectivity index (χ0v) is 13.7. The van der Waals surface area contributed by atoms with Gasteiger partial charge < -0.3 is 10.1 Å². The van der Waals surface area contributed by atoms with E-state index in [1.165, 1.54) is 16.7 Å². The van der Waals surface area contributed by atoms with Crippen LogP contribution < -0.4 is 10.1 Å². The highest BCUT2D eigenvalue weighted by atomic mass is 16.5. The van der Waals surface area contributed by atoms with Gasteiger partial charge in [0.05, 0.1) is 0 Å². The summed E-state index contributed by atoms with van der Waals surface area (Å²) in [6.45, 7) is 9.49. The van der Waals surface area contributed by atoms with E-state index in [1.807, 2.05) is 13.1 Å². The predicted molar refractivity (Wildman–Crippen MR) is 89.3 cm³/mol. The highest BCUT2D eigenvalue weighted by Crippen LogP contribution is 2.29. The fourth-order valence-electron chi connectivity index (χ4n) is 2.33. The Morgan fingerprint density at radius 2 is 1.76 bits per heavy atom. The van der Waals surface area contributed by atoms with Crippen LogP contribution >= 0.6 is 0 Å². The predicted octanol–water partition coefficient (Wildman–Crippen LogP) is 4.94. The molecule has 2 aromatic rings. The Balaban J connectivity index is 2.25. The molecule has 0 aliphatic heterocycles. The molecule has 0 spiro atoms. The summed E-state index contributed by atoms with van der Waals surface area (Å²) in [5.74, 6) is 2.35. The molecule has 0 amide bonds. The van der Waals surface area contributed by atoms with Crippen LogP contribution in [0.1, 0.15) is 42.0 Å². The second-order valence-electron chi connectivity index (χ2n) is 5.90. The Morgan fingerprint density at radius 1 is 1.00 bits per heavy atom. The van der Waals surface area contributed by atoms with Crippen LogP contribution in [0.3, 0.4) is 0 Å². The van der Waals surface area contributed by atoms with Crippen molar-refractivity contribution in [3.8, 4) is 11.5 Å². The lowest BCUT2D eigenvalue weighted by atomic mass is 10.0. The van der Waals surface area contributed by atoms with E-state index in [-0.39, 0.29) is 0 Å². The van der Waals surface area contributed by atoms with Gasteiger partial charge in [0.25, 0.3) is 0 Å². The molecule has 0 saturated carbocycles. The molecule has 0 saturated heterocycles. The molecule has 1 N–H and O–H groups in total. The fraction of sp³-hybridized carbons (Fsp3) is 0.368.